The molecule has 0 saturated heterocycles. The lowest BCUT2D eigenvalue weighted by atomic mass is 10.4. The van der Waals surface area contributed by atoms with Crippen molar-refractivity contribution >= 4 is 37.4 Å². The molecule has 0 unspecified atom stereocenters. The van der Waals surface area contributed by atoms with E-state index in [0.29, 0.717) is 0 Å². The summed E-state index contributed by atoms with van der Waals surface area (Å²) in [4.78, 5) is 0. The van der Waals surface area contributed by atoms with Crippen LogP contribution in [0.5, 0.6) is 0 Å². The van der Waals surface area contributed by atoms with Crippen LogP contribution in [0.3, 0.4) is 0 Å². The highest BCUT2D eigenvalue weighted by atomic mass is 28.4. The van der Waals surface area contributed by atoms with Gasteiger partial charge in [-0.15, -0.1) is 0 Å². The number of benzene rings is 4. The summed E-state index contributed by atoms with van der Waals surface area (Å²) in [5.74, 6) is 0. The molecule has 0 spiro atoms. The Kier molecular flexibility index (Phi) is 7.17. The Morgan fingerprint density at radius 1 is 0.406 bits per heavy atom. The summed E-state index contributed by atoms with van der Waals surface area (Å²) in [5, 5.41) is 5.20. The van der Waals surface area contributed by atoms with Crippen LogP contribution >= 0.6 is 0 Å². The standard InChI is InChI=1S/C28H30O2Si2/c1-29-31(25-15-7-3-8-16-25,26-17-9-4-10-18-26)23-24-32(30-2,27-19-11-5-12-20-27)28-21-13-6-14-22-28/h3-22H,23-24H2,1-2H3. The molecule has 32 heavy (non-hydrogen) atoms. The highest BCUT2D eigenvalue weighted by Crippen LogP contribution is 2.23. The number of hydrogen-bond acceptors (Lipinski definition) is 2. The normalized spacial score (nSPS) is 11.9. The van der Waals surface area contributed by atoms with Gasteiger partial charge in [0.1, 0.15) is 0 Å². The maximum Gasteiger partial charge on any atom is 0.255 e. The predicted octanol–water partition coefficient (Wildman–Crippen LogP) is 3.80. The topological polar surface area (TPSA) is 18.5 Å². The van der Waals surface area contributed by atoms with Crippen LogP contribution in [0.25, 0.3) is 0 Å². The molecule has 0 radical (unpaired) electrons. The van der Waals surface area contributed by atoms with Crippen molar-refractivity contribution in [3.63, 3.8) is 0 Å². The highest BCUT2D eigenvalue weighted by Gasteiger charge is 2.45. The molecule has 4 rings (SSSR count). The van der Waals surface area contributed by atoms with Crippen LogP contribution in [-0.2, 0) is 8.85 Å². The average Bonchev–Trinajstić information content (AvgIpc) is 2.89. The molecule has 0 saturated carbocycles. The molecule has 162 valence electrons. The average molecular weight is 455 g/mol. The van der Waals surface area contributed by atoms with Gasteiger partial charge in [0.05, 0.1) is 0 Å². The van der Waals surface area contributed by atoms with Crippen molar-refractivity contribution in [3.8, 4) is 0 Å². The van der Waals surface area contributed by atoms with Crippen LogP contribution in [0.2, 0.25) is 12.1 Å². The molecular weight excluding hydrogens is 424 g/mol. The van der Waals surface area contributed by atoms with E-state index in [9.17, 15) is 0 Å². The molecule has 4 aromatic rings. The molecule has 0 aliphatic heterocycles. The maximum atomic E-state index is 6.53. The van der Waals surface area contributed by atoms with E-state index in [2.05, 4.69) is 121 Å². The van der Waals surface area contributed by atoms with Crippen molar-refractivity contribution < 1.29 is 8.85 Å². The fourth-order valence-corrected chi connectivity index (χ4v) is 13.7. The number of rotatable bonds is 9. The summed E-state index contributed by atoms with van der Waals surface area (Å²) in [5.41, 5.74) is 0. The molecular formula is C28H30O2Si2. The molecule has 0 fully saturated rings. The molecule has 0 N–H and O–H groups in total. The fourth-order valence-electron chi connectivity index (χ4n) is 4.77. The predicted molar refractivity (Wildman–Crippen MR) is 139 cm³/mol. The number of hydrogen-bond donors (Lipinski definition) is 0. The zero-order chi connectivity index (χ0) is 22.3. The molecule has 0 heterocycles. The molecule has 0 aromatic heterocycles. The summed E-state index contributed by atoms with van der Waals surface area (Å²) in [6.07, 6.45) is 0. The maximum absolute atomic E-state index is 6.53. The first-order valence-electron chi connectivity index (χ1n) is 11.1. The molecule has 4 heteroatoms. The van der Waals surface area contributed by atoms with E-state index in [4.69, 9.17) is 8.85 Å². The van der Waals surface area contributed by atoms with E-state index in [1.165, 1.54) is 20.7 Å². The fraction of sp³-hybridized carbons (Fsp3) is 0.143. The van der Waals surface area contributed by atoms with Gasteiger partial charge in [-0.2, -0.15) is 0 Å². The first-order valence-corrected chi connectivity index (χ1v) is 15.3. The largest absolute Gasteiger partial charge is 0.411 e. The monoisotopic (exact) mass is 454 g/mol. The molecule has 0 atom stereocenters. The lowest BCUT2D eigenvalue weighted by Crippen LogP contribution is -2.65. The summed E-state index contributed by atoms with van der Waals surface area (Å²) in [6.45, 7) is 0. The summed E-state index contributed by atoms with van der Waals surface area (Å²) < 4.78 is 13.1. The Bertz CT molecular complexity index is 917. The molecule has 0 bridgehead atoms. The molecule has 0 aliphatic carbocycles. The third-order valence-corrected chi connectivity index (χ3v) is 15.4. The highest BCUT2D eigenvalue weighted by molar-refractivity contribution is 7.01. The summed E-state index contributed by atoms with van der Waals surface area (Å²) >= 11 is 0. The van der Waals surface area contributed by atoms with Gasteiger partial charge in [-0.25, -0.2) is 0 Å². The zero-order valence-corrected chi connectivity index (χ0v) is 20.8. The van der Waals surface area contributed by atoms with Crippen LogP contribution in [0.15, 0.2) is 121 Å². The van der Waals surface area contributed by atoms with Crippen molar-refractivity contribution in [1.82, 2.24) is 0 Å². The minimum Gasteiger partial charge on any atom is -0.411 e. The second-order valence-corrected chi connectivity index (χ2v) is 15.5. The molecule has 2 nitrogen and oxygen atoms in total. The Labute approximate surface area is 193 Å². The van der Waals surface area contributed by atoms with Gasteiger partial charge in [0.15, 0.2) is 0 Å². The minimum atomic E-state index is -2.46. The van der Waals surface area contributed by atoms with Gasteiger partial charge in [-0.3, -0.25) is 0 Å². The van der Waals surface area contributed by atoms with E-state index >= 15 is 0 Å². The van der Waals surface area contributed by atoms with Crippen molar-refractivity contribution in [2.75, 3.05) is 14.2 Å². The quantitative estimate of drug-likeness (QED) is 0.358. The van der Waals surface area contributed by atoms with Gasteiger partial charge >= 0.3 is 0 Å². The van der Waals surface area contributed by atoms with Gasteiger partial charge < -0.3 is 8.85 Å². The van der Waals surface area contributed by atoms with Gasteiger partial charge in [-0.05, 0) is 32.8 Å². The van der Waals surface area contributed by atoms with Crippen molar-refractivity contribution in [2.24, 2.45) is 0 Å². The van der Waals surface area contributed by atoms with Crippen molar-refractivity contribution in [1.29, 1.82) is 0 Å². The van der Waals surface area contributed by atoms with E-state index in [1.54, 1.807) is 0 Å². The lowest BCUT2D eigenvalue weighted by molar-refractivity contribution is 0.405. The molecule has 0 amide bonds. The molecule has 4 aromatic carbocycles. The van der Waals surface area contributed by atoms with Crippen molar-refractivity contribution in [3.05, 3.63) is 121 Å². The summed E-state index contributed by atoms with van der Waals surface area (Å²) in [7, 11) is -1.15. The van der Waals surface area contributed by atoms with Crippen LogP contribution in [0.1, 0.15) is 0 Å². The van der Waals surface area contributed by atoms with Crippen LogP contribution in [-0.4, -0.2) is 30.9 Å². The third kappa shape index (κ3) is 4.27. The smallest absolute Gasteiger partial charge is 0.255 e. The second-order valence-electron chi connectivity index (χ2n) is 8.03. The van der Waals surface area contributed by atoms with Gasteiger partial charge in [0, 0.05) is 14.2 Å². The Morgan fingerprint density at radius 2 is 0.625 bits per heavy atom. The van der Waals surface area contributed by atoms with Crippen LogP contribution < -0.4 is 20.7 Å². The zero-order valence-electron chi connectivity index (χ0n) is 18.8. The van der Waals surface area contributed by atoms with Gasteiger partial charge in [0.2, 0.25) is 0 Å². The van der Waals surface area contributed by atoms with Gasteiger partial charge in [-0.1, -0.05) is 121 Å². The lowest BCUT2D eigenvalue weighted by Gasteiger charge is -2.36. The Hall–Kier alpha value is -2.77. The Balaban J connectivity index is 1.83. The molecule has 0 aliphatic rings. The van der Waals surface area contributed by atoms with E-state index in [1.807, 2.05) is 14.2 Å². The SMILES string of the molecule is CO[Si](CC[Si](OC)(c1ccccc1)c1ccccc1)(c1ccccc1)c1ccccc1. The first-order chi connectivity index (χ1) is 15.7. The summed E-state index contributed by atoms with van der Waals surface area (Å²) in [6, 6.07) is 45.0. The second kappa shape index (κ2) is 10.2. The van der Waals surface area contributed by atoms with E-state index in [0.717, 1.165) is 12.1 Å². The van der Waals surface area contributed by atoms with E-state index < -0.39 is 16.6 Å². The first kappa shape index (κ1) is 22.4. The van der Waals surface area contributed by atoms with Crippen molar-refractivity contribution in [2.45, 2.75) is 12.1 Å². The van der Waals surface area contributed by atoms with Crippen LogP contribution in [0, 0.1) is 0 Å². The van der Waals surface area contributed by atoms with Crippen LogP contribution in [0.4, 0.5) is 0 Å². The third-order valence-electron chi connectivity index (χ3n) is 6.49. The van der Waals surface area contributed by atoms with Gasteiger partial charge in [0.25, 0.3) is 16.6 Å². The Morgan fingerprint density at radius 3 is 0.812 bits per heavy atom. The minimum absolute atomic E-state index is 0.946. The van der Waals surface area contributed by atoms with E-state index in [-0.39, 0.29) is 0 Å².